The van der Waals surface area contributed by atoms with Crippen LogP contribution in [0.4, 0.5) is 17.1 Å². The molecule has 0 amide bonds. The molecule has 0 bridgehead atoms. The first-order valence-corrected chi connectivity index (χ1v) is 18.9. The Kier molecular flexibility index (Phi) is 9.57. The molecule has 4 aliphatic rings. The second-order valence-corrected chi connectivity index (χ2v) is 15.7. The molecule has 2 saturated carbocycles. The number of benzene rings is 3. The number of allylic oxidation sites excluding steroid dienone is 7. The largest absolute Gasteiger partial charge is 0.506 e. The summed E-state index contributed by atoms with van der Waals surface area (Å²) in [6.45, 7) is 13.4. The molecule has 4 aliphatic carbocycles. The maximum Gasteiger partial charge on any atom is 0.208 e. The summed E-state index contributed by atoms with van der Waals surface area (Å²) < 4.78 is 2.51. The Labute approximate surface area is 299 Å². The highest BCUT2D eigenvalue weighted by atomic mass is 16.3. The minimum atomic E-state index is -0.0944. The number of aliphatic hydroxyl groups excluding tert-OH is 1. The van der Waals surface area contributed by atoms with Crippen molar-refractivity contribution < 1.29 is 14.5 Å². The molecule has 4 heteroatoms. The maximum atomic E-state index is 13.7. The third-order valence-electron chi connectivity index (χ3n) is 11.7. The summed E-state index contributed by atoms with van der Waals surface area (Å²) >= 11 is 0. The van der Waals surface area contributed by atoms with Gasteiger partial charge in [0.05, 0.1) is 11.1 Å². The van der Waals surface area contributed by atoms with Gasteiger partial charge in [-0.15, -0.1) is 0 Å². The Morgan fingerprint density at radius 1 is 0.660 bits per heavy atom. The number of nitrogens with zero attached hydrogens (tertiary/aromatic N) is 2. The van der Waals surface area contributed by atoms with E-state index in [-0.39, 0.29) is 11.5 Å². The predicted molar refractivity (Wildman–Crippen MR) is 208 cm³/mol. The highest BCUT2D eigenvalue weighted by Crippen LogP contribution is 2.42. The molecule has 0 atom stereocenters. The molecule has 0 heterocycles. The van der Waals surface area contributed by atoms with Crippen molar-refractivity contribution in [3.63, 3.8) is 0 Å². The summed E-state index contributed by atoms with van der Waals surface area (Å²) in [7, 11) is 0. The first kappa shape index (κ1) is 34.0. The number of carbonyl (C=O) groups excluding carboxylic acids is 1. The molecule has 0 unspecified atom stereocenters. The van der Waals surface area contributed by atoms with Crippen LogP contribution in [0.15, 0.2) is 102 Å². The van der Waals surface area contributed by atoms with Gasteiger partial charge in [0.15, 0.2) is 6.04 Å². The first-order valence-electron chi connectivity index (χ1n) is 18.9. The quantitative estimate of drug-likeness (QED) is 0.210. The van der Waals surface area contributed by atoms with Crippen LogP contribution in [0.5, 0.6) is 0 Å². The molecule has 1 N–H and O–H groups in total. The van der Waals surface area contributed by atoms with Gasteiger partial charge in [-0.3, -0.25) is 4.79 Å². The molecule has 0 radical (unpaired) electrons. The van der Waals surface area contributed by atoms with E-state index < -0.39 is 0 Å². The summed E-state index contributed by atoms with van der Waals surface area (Å²) in [6, 6.07) is 22.6. The van der Waals surface area contributed by atoms with Crippen molar-refractivity contribution >= 4 is 34.1 Å². The fourth-order valence-electron chi connectivity index (χ4n) is 8.76. The number of anilines is 2. The number of rotatable bonds is 6. The number of Topliss-reactive ketones (excluding diaryl/α,β-unsaturated/α-hetero) is 1. The maximum absolute atomic E-state index is 13.7. The monoisotopic (exact) mass is 665 g/mol. The molecule has 0 aromatic heterocycles. The smallest absolute Gasteiger partial charge is 0.208 e. The average Bonchev–Trinajstić information content (AvgIpc) is 3.10. The van der Waals surface area contributed by atoms with E-state index in [9.17, 15) is 9.90 Å². The molecule has 0 aliphatic heterocycles. The molecule has 7 rings (SSSR count). The summed E-state index contributed by atoms with van der Waals surface area (Å²) in [5.41, 5.74) is 12.2. The Bertz CT molecular complexity index is 1940. The van der Waals surface area contributed by atoms with E-state index in [1.54, 1.807) is 0 Å². The van der Waals surface area contributed by atoms with Crippen molar-refractivity contribution in [2.24, 2.45) is 11.8 Å². The van der Waals surface area contributed by atoms with Crippen LogP contribution in [-0.2, 0) is 4.79 Å². The Morgan fingerprint density at radius 3 is 1.82 bits per heavy atom. The zero-order valence-corrected chi connectivity index (χ0v) is 30.8. The third kappa shape index (κ3) is 6.57. The van der Waals surface area contributed by atoms with Crippen molar-refractivity contribution in [1.82, 2.24) is 0 Å². The van der Waals surface area contributed by atoms with Crippen LogP contribution in [0.2, 0.25) is 0 Å². The fourth-order valence-corrected chi connectivity index (χ4v) is 8.76. The number of ketones is 1. The first-order chi connectivity index (χ1) is 24.1. The molecule has 258 valence electrons. The Hall–Kier alpha value is -4.44. The van der Waals surface area contributed by atoms with Crippen LogP contribution in [0.25, 0.3) is 5.57 Å². The van der Waals surface area contributed by atoms with Crippen molar-refractivity contribution in [2.45, 2.75) is 105 Å². The standard InChI is InChI=1S/C46H52N2O2/c1-29-7-17-37(18-8-29)47(41-25-11-31(3)27-33(41)5)39-21-13-35(14-22-39)43-45(49)44(46(43)50)36-15-23-40(24-16-36)48(38-19-9-30(2)10-20-38)42-26-12-32(4)28-34(42)6/h11-16,21-30,37-38H,7-10,17-20H2,1-6H3/p+1. The van der Waals surface area contributed by atoms with Gasteiger partial charge in [0, 0.05) is 54.0 Å². The van der Waals surface area contributed by atoms with Gasteiger partial charge in [-0.25, -0.2) is 0 Å². The zero-order chi connectivity index (χ0) is 35.1. The molecule has 4 nitrogen and oxygen atoms in total. The van der Waals surface area contributed by atoms with E-state index in [0.717, 1.165) is 34.4 Å². The average molecular weight is 666 g/mol. The van der Waals surface area contributed by atoms with Crippen molar-refractivity contribution in [3.05, 3.63) is 130 Å². The zero-order valence-electron chi connectivity index (χ0n) is 30.8. The summed E-state index contributed by atoms with van der Waals surface area (Å²) in [5, 5.41) is 11.3. The van der Waals surface area contributed by atoms with Gasteiger partial charge >= 0.3 is 0 Å². The molecule has 50 heavy (non-hydrogen) atoms. The minimum Gasteiger partial charge on any atom is -0.506 e. The third-order valence-corrected chi connectivity index (χ3v) is 11.7. The minimum absolute atomic E-state index is 0.0931. The van der Waals surface area contributed by atoms with Gasteiger partial charge in [-0.1, -0.05) is 55.3 Å². The van der Waals surface area contributed by atoms with Gasteiger partial charge in [0.1, 0.15) is 5.76 Å². The van der Waals surface area contributed by atoms with Crippen molar-refractivity contribution in [3.8, 4) is 0 Å². The van der Waals surface area contributed by atoms with Gasteiger partial charge in [0.25, 0.3) is 0 Å². The molecule has 3 aromatic rings. The molecule has 3 aromatic carbocycles. The molecule has 0 spiro atoms. The van der Waals surface area contributed by atoms with E-state index in [0.29, 0.717) is 23.2 Å². The number of hydrogen-bond acceptors (Lipinski definition) is 3. The highest BCUT2D eigenvalue weighted by molar-refractivity contribution is 6.39. The molecule has 0 saturated heterocycles. The lowest BCUT2D eigenvalue weighted by Gasteiger charge is -2.39. The summed E-state index contributed by atoms with van der Waals surface area (Å²) in [6.07, 6.45) is 17.9. The van der Waals surface area contributed by atoms with Crippen LogP contribution in [-0.4, -0.2) is 33.3 Å². The van der Waals surface area contributed by atoms with Crippen LogP contribution >= 0.6 is 0 Å². The van der Waals surface area contributed by atoms with E-state index in [2.05, 4.69) is 112 Å². The SMILES string of the molecule is Cc1ccc(N(c2ccc(C3=C(O)C(=C4C=CC(=[N+](c5ccc(C)cc5C)C5CCC(C)CC5)C=C4)C3=O)cc2)C2CCC(C)CC2)c(C)c1. The predicted octanol–water partition coefficient (Wildman–Crippen LogP) is 11.3. The Balaban J connectivity index is 1.18. The van der Waals surface area contributed by atoms with Gasteiger partial charge in [-0.2, -0.15) is 4.58 Å². The lowest BCUT2D eigenvalue weighted by Crippen LogP contribution is -2.35. The highest BCUT2D eigenvalue weighted by Gasteiger charge is 2.38. The lowest BCUT2D eigenvalue weighted by atomic mass is 9.80. The van der Waals surface area contributed by atoms with E-state index >= 15 is 0 Å². The summed E-state index contributed by atoms with van der Waals surface area (Å²) in [4.78, 5) is 16.2. The fraction of sp³-hybridized carbons (Fsp3) is 0.391. The van der Waals surface area contributed by atoms with E-state index in [1.165, 1.54) is 85.0 Å². The van der Waals surface area contributed by atoms with E-state index in [1.807, 2.05) is 24.3 Å². The van der Waals surface area contributed by atoms with Crippen molar-refractivity contribution in [2.75, 3.05) is 4.90 Å². The number of hydrogen-bond donors (Lipinski definition) is 1. The van der Waals surface area contributed by atoms with Crippen LogP contribution in [0.3, 0.4) is 0 Å². The molecular weight excluding hydrogens is 613 g/mol. The summed E-state index contributed by atoms with van der Waals surface area (Å²) in [5.74, 6) is 1.54. The number of aliphatic hydroxyl groups is 1. The van der Waals surface area contributed by atoms with Crippen LogP contribution < -0.4 is 4.90 Å². The lowest BCUT2D eigenvalue weighted by molar-refractivity contribution is -0.489. The van der Waals surface area contributed by atoms with Gasteiger partial charge < -0.3 is 10.0 Å². The molecular formula is C46H53N2O2+. The number of carbonyl (C=O) groups is 1. The van der Waals surface area contributed by atoms with Gasteiger partial charge in [0.2, 0.25) is 17.2 Å². The van der Waals surface area contributed by atoms with Crippen molar-refractivity contribution in [1.29, 1.82) is 0 Å². The van der Waals surface area contributed by atoms with Gasteiger partial charge in [-0.05, 0) is 131 Å². The number of aryl methyl sites for hydroxylation is 4. The van der Waals surface area contributed by atoms with E-state index in [4.69, 9.17) is 0 Å². The normalized spacial score (nSPS) is 23.7. The molecule has 2 fully saturated rings. The second-order valence-electron chi connectivity index (χ2n) is 15.7. The topological polar surface area (TPSA) is 43.5 Å². The second kappa shape index (κ2) is 14.1. The van der Waals surface area contributed by atoms with Crippen LogP contribution in [0.1, 0.15) is 93.0 Å². The Morgan fingerprint density at radius 2 is 1.24 bits per heavy atom. The van der Waals surface area contributed by atoms with Crippen LogP contribution in [0, 0.1) is 39.5 Å².